The summed E-state index contributed by atoms with van der Waals surface area (Å²) in [6, 6.07) is 0. The predicted octanol–water partition coefficient (Wildman–Crippen LogP) is 3.48. The fourth-order valence-corrected chi connectivity index (χ4v) is 2.44. The Morgan fingerprint density at radius 1 is 1.41 bits per heavy atom. The molecular weight excluding hydrogens is 278 g/mol. The topological polar surface area (TPSA) is 28.8 Å². The fourth-order valence-electron chi connectivity index (χ4n) is 2.02. The van der Waals surface area contributed by atoms with Gasteiger partial charge in [0.1, 0.15) is 0 Å². The molecule has 0 saturated carbocycles. The molecule has 0 aromatic carbocycles. The summed E-state index contributed by atoms with van der Waals surface area (Å²) in [5, 5.41) is 0. The summed E-state index contributed by atoms with van der Waals surface area (Å²) in [6.07, 6.45) is 11.2. The molecular formula is C13H19BrN3+. The van der Waals surface area contributed by atoms with E-state index in [2.05, 4.69) is 38.6 Å². The molecule has 1 aromatic heterocycles. The summed E-state index contributed by atoms with van der Waals surface area (Å²) in [5.41, 5.74) is 1.10. The average Bonchev–Trinajstić information content (AvgIpc) is 2.39. The number of unbranched alkanes of at least 4 members (excludes halogenated alkanes) is 1. The Labute approximate surface area is 111 Å². The molecule has 4 heteroatoms. The number of hydrogen-bond donors (Lipinski definition) is 0. The molecule has 92 valence electrons. The van der Waals surface area contributed by atoms with E-state index in [0.29, 0.717) is 0 Å². The summed E-state index contributed by atoms with van der Waals surface area (Å²) in [5.74, 6) is 0.985. The maximum Gasteiger partial charge on any atom is 0.356 e. The Hall–Kier alpha value is -0.770. The first-order valence-electron chi connectivity index (χ1n) is 6.42. The van der Waals surface area contributed by atoms with Gasteiger partial charge in [0.15, 0.2) is 10.3 Å². The van der Waals surface area contributed by atoms with Crippen LogP contribution in [0.1, 0.15) is 44.7 Å². The highest BCUT2D eigenvalue weighted by molar-refractivity contribution is 9.10. The third-order valence-electron chi connectivity index (χ3n) is 3.02. The van der Waals surface area contributed by atoms with Crippen molar-refractivity contribution in [2.45, 2.75) is 45.4 Å². The molecule has 1 aromatic rings. The van der Waals surface area contributed by atoms with Crippen LogP contribution in [0.2, 0.25) is 0 Å². The minimum absolute atomic E-state index is 0.857. The zero-order valence-electron chi connectivity index (χ0n) is 10.3. The Morgan fingerprint density at radius 3 is 3.00 bits per heavy atom. The lowest BCUT2D eigenvalue weighted by atomic mass is 10.2. The molecule has 1 aliphatic heterocycles. The molecule has 3 nitrogen and oxygen atoms in total. The van der Waals surface area contributed by atoms with E-state index >= 15 is 0 Å². The second kappa shape index (κ2) is 6.24. The highest BCUT2D eigenvalue weighted by Gasteiger charge is 2.19. The number of halogens is 1. The first-order valence-corrected chi connectivity index (χ1v) is 7.22. The summed E-state index contributed by atoms with van der Waals surface area (Å²) >= 11 is 3.50. The van der Waals surface area contributed by atoms with Gasteiger partial charge in [-0.2, -0.15) is 0 Å². The van der Waals surface area contributed by atoms with Crippen LogP contribution in [0, 0.1) is 0 Å². The van der Waals surface area contributed by atoms with Gasteiger partial charge in [-0.05, 0) is 40.2 Å². The lowest BCUT2D eigenvalue weighted by Gasteiger charge is -2.09. The lowest BCUT2D eigenvalue weighted by Crippen LogP contribution is -2.16. The van der Waals surface area contributed by atoms with Gasteiger partial charge >= 0.3 is 5.82 Å². The number of aryl methyl sites for hydroxylation is 1. The standard InChI is InChI=1S/C13H19BrN3/c1-2-3-7-11-10-15-12(14)13(16-11)17-8-5-4-6-9-17/h8,10H,2-7,9H2,1H3/q+1. The Bertz CT molecular complexity index is 415. The molecule has 0 bridgehead atoms. The monoisotopic (exact) mass is 296 g/mol. The third-order valence-corrected chi connectivity index (χ3v) is 3.58. The van der Waals surface area contributed by atoms with Gasteiger partial charge in [-0.15, -0.1) is 0 Å². The van der Waals surface area contributed by atoms with Gasteiger partial charge in [0.05, 0.1) is 19.0 Å². The van der Waals surface area contributed by atoms with Crippen molar-refractivity contribution in [3.05, 3.63) is 16.5 Å². The SMILES string of the molecule is CCCCc1cnc(Br)c([N+]2=CCCCC2)n1. The molecule has 2 heterocycles. The van der Waals surface area contributed by atoms with Crippen LogP contribution in [-0.4, -0.2) is 27.3 Å². The quantitative estimate of drug-likeness (QED) is 0.796. The van der Waals surface area contributed by atoms with Gasteiger partial charge in [-0.25, -0.2) is 9.56 Å². The normalized spacial score (nSPS) is 15.8. The smallest absolute Gasteiger partial charge is 0.237 e. The molecule has 0 atom stereocenters. The first-order chi connectivity index (χ1) is 8.31. The van der Waals surface area contributed by atoms with Crippen molar-refractivity contribution in [1.82, 2.24) is 9.97 Å². The van der Waals surface area contributed by atoms with E-state index < -0.39 is 0 Å². The zero-order valence-corrected chi connectivity index (χ0v) is 11.9. The summed E-state index contributed by atoms with van der Waals surface area (Å²) in [4.78, 5) is 9.12. The number of rotatable bonds is 4. The Morgan fingerprint density at radius 2 is 2.29 bits per heavy atom. The first kappa shape index (κ1) is 12.7. The van der Waals surface area contributed by atoms with Gasteiger partial charge in [-0.3, -0.25) is 0 Å². The Balaban J connectivity index is 2.22. The van der Waals surface area contributed by atoms with Gasteiger partial charge in [-0.1, -0.05) is 13.3 Å². The van der Waals surface area contributed by atoms with E-state index in [1.54, 1.807) is 0 Å². The van der Waals surface area contributed by atoms with Crippen molar-refractivity contribution in [2.24, 2.45) is 0 Å². The summed E-state index contributed by atoms with van der Waals surface area (Å²) < 4.78 is 3.09. The van der Waals surface area contributed by atoms with Crippen molar-refractivity contribution in [2.75, 3.05) is 6.54 Å². The largest absolute Gasteiger partial charge is 0.356 e. The van der Waals surface area contributed by atoms with Crippen LogP contribution in [-0.2, 0) is 6.42 Å². The molecule has 0 aliphatic carbocycles. The minimum atomic E-state index is 0.857. The van der Waals surface area contributed by atoms with Crippen LogP contribution in [0.4, 0.5) is 5.82 Å². The van der Waals surface area contributed by atoms with Crippen LogP contribution in [0.3, 0.4) is 0 Å². The van der Waals surface area contributed by atoms with E-state index in [9.17, 15) is 0 Å². The Kier molecular flexibility index (Phi) is 4.66. The minimum Gasteiger partial charge on any atom is -0.237 e. The number of aromatic nitrogens is 2. The van der Waals surface area contributed by atoms with Crippen LogP contribution >= 0.6 is 15.9 Å². The van der Waals surface area contributed by atoms with E-state index in [4.69, 9.17) is 4.98 Å². The molecule has 0 spiro atoms. The van der Waals surface area contributed by atoms with Crippen molar-refractivity contribution >= 4 is 28.0 Å². The van der Waals surface area contributed by atoms with E-state index in [1.807, 2.05) is 6.20 Å². The van der Waals surface area contributed by atoms with Crippen LogP contribution in [0.5, 0.6) is 0 Å². The predicted molar refractivity (Wildman–Crippen MR) is 73.0 cm³/mol. The van der Waals surface area contributed by atoms with Crippen LogP contribution < -0.4 is 0 Å². The number of hydrogen-bond acceptors (Lipinski definition) is 2. The molecule has 1 aliphatic rings. The second-order valence-corrected chi connectivity index (χ2v) is 5.20. The second-order valence-electron chi connectivity index (χ2n) is 4.45. The van der Waals surface area contributed by atoms with Crippen molar-refractivity contribution < 1.29 is 4.58 Å². The molecule has 0 radical (unpaired) electrons. The van der Waals surface area contributed by atoms with Crippen LogP contribution in [0.15, 0.2) is 10.8 Å². The van der Waals surface area contributed by atoms with E-state index in [0.717, 1.165) is 35.5 Å². The van der Waals surface area contributed by atoms with Gasteiger partial charge < -0.3 is 0 Å². The number of nitrogens with zero attached hydrogens (tertiary/aromatic N) is 3. The van der Waals surface area contributed by atoms with Crippen molar-refractivity contribution in [3.8, 4) is 0 Å². The van der Waals surface area contributed by atoms with Gasteiger partial charge in [0.25, 0.3) is 0 Å². The zero-order chi connectivity index (χ0) is 12.1. The molecule has 17 heavy (non-hydrogen) atoms. The maximum absolute atomic E-state index is 4.72. The van der Waals surface area contributed by atoms with Gasteiger partial charge in [0.2, 0.25) is 0 Å². The maximum atomic E-state index is 4.72. The third kappa shape index (κ3) is 3.35. The van der Waals surface area contributed by atoms with E-state index in [-0.39, 0.29) is 0 Å². The molecule has 0 N–H and O–H groups in total. The highest BCUT2D eigenvalue weighted by Crippen LogP contribution is 2.22. The lowest BCUT2D eigenvalue weighted by molar-refractivity contribution is -0.446. The molecule has 0 fully saturated rings. The molecule has 0 amide bonds. The molecule has 2 rings (SSSR count). The summed E-state index contributed by atoms with van der Waals surface area (Å²) in [6.45, 7) is 3.26. The molecule has 0 saturated heterocycles. The van der Waals surface area contributed by atoms with Gasteiger partial charge in [0, 0.05) is 12.8 Å². The molecule has 0 unspecified atom stereocenters. The van der Waals surface area contributed by atoms with Crippen LogP contribution in [0.25, 0.3) is 0 Å². The van der Waals surface area contributed by atoms with Crippen molar-refractivity contribution in [1.29, 1.82) is 0 Å². The van der Waals surface area contributed by atoms with E-state index in [1.165, 1.54) is 25.7 Å². The van der Waals surface area contributed by atoms with Crippen molar-refractivity contribution in [3.63, 3.8) is 0 Å². The average molecular weight is 297 g/mol. The highest BCUT2D eigenvalue weighted by atomic mass is 79.9. The fraction of sp³-hybridized carbons (Fsp3) is 0.615. The summed E-state index contributed by atoms with van der Waals surface area (Å²) in [7, 11) is 0.